The average Bonchev–Trinajstić information content (AvgIpc) is 2.97. The monoisotopic (exact) mass is 418 g/mol. The van der Waals surface area contributed by atoms with Crippen LogP contribution in [0.15, 0.2) is 47.8 Å². The van der Waals surface area contributed by atoms with Crippen LogP contribution in [0.3, 0.4) is 0 Å². The molecule has 2 aromatic heterocycles. The number of nitrogens with one attached hydrogen (secondary N) is 1. The predicted molar refractivity (Wildman–Crippen MR) is 117 cm³/mol. The lowest BCUT2D eigenvalue weighted by molar-refractivity contribution is 1.01. The highest BCUT2D eigenvalue weighted by Crippen LogP contribution is 2.48. The third-order valence-corrected chi connectivity index (χ3v) is 5.64. The van der Waals surface area contributed by atoms with E-state index in [1.807, 2.05) is 12.1 Å². The zero-order valence-electron chi connectivity index (χ0n) is 14.0. The van der Waals surface area contributed by atoms with Gasteiger partial charge in [-0.05, 0) is 29.8 Å². The number of thiophene rings is 1. The third kappa shape index (κ3) is 3.71. The maximum Gasteiger partial charge on any atom is 0.123 e. The lowest BCUT2D eigenvalue weighted by atomic mass is 10.0. The Kier molecular flexibility index (Phi) is 5.55. The predicted octanol–water partition coefficient (Wildman–Crippen LogP) is 4.41. The molecule has 0 aliphatic heterocycles. The standard InChI is InChI=1S/C18H16Cl2N6S/c1-24-26-13(8-21)18-15(11-3-2-10(19)7-12(11)20)16(23)17(27-18)9-4-5-25-14(22)6-9/h2-8,26H,1,21,23H2,(H2,22,25)/b13-8-. The molecule has 0 bridgehead atoms. The Hall–Kier alpha value is -2.74. The molecule has 0 saturated carbocycles. The largest absolute Gasteiger partial charge is 0.403 e. The van der Waals surface area contributed by atoms with Crippen LogP contribution >= 0.6 is 34.5 Å². The van der Waals surface area contributed by atoms with E-state index in [0.717, 1.165) is 26.4 Å². The number of hydrazone groups is 1. The van der Waals surface area contributed by atoms with Crippen LogP contribution in [0, 0.1) is 0 Å². The molecule has 0 fully saturated rings. The first-order chi connectivity index (χ1) is 13.0. The fourth-order valence-electron chi connectivity index (χ4n) is 2.65. The molecule has 0 unspecified atom stereocenters. The summed E-state index contributed by atoms with van der Waals surface area (Å²) in [5, 5.41) is 4.71. The molecule has 1 aromatic carbocycles. The summed E-state index contributed by atoms with van der Waals surface area (Å²) in [4.78, 5) is 5.60. The van der Waals surface area contributed by atoms with Crippen molar-refractivity contribution in [2.45, 2.75) is 0 Å². The van der Waals surface area contributed by atoms with E-state index in [2.05, 4.69) is 22.2 Å². The third-order valence-electron chi connectivity index (χ3n) is 3.80. The molecule has 9 heteroatoms. The molecular weight excluding hydrogens is 403 g/mol. The van der Waals surface area contributed by atoms with E-state index in [-0.39, 0.29) is 0 Å². The van der Waals surface area contributed by atoms with Crippen LogP contribution in [0.2, 0.25) is 10.0 Å². The molecule has 7 N–H and O–H groups in total. The number of rotatable bonds is 5. The Morgan fingerprint density at radius 1 is 1.22 bits per heavy atom. The second-order valence-electron chi connectivity index (χ2n) is 5.49. The van der Waals surface area contributed by atoms with E-state index in [4.69, 9.17) is 40.4 Å². The van der Waals surface area contributed by atoms with Gasteiger partial charge in [0.2, 0.25) is 0 Å². The number of benzene rings is 1. The lowest BCUT2D eigenvalue weighted by Gasteiger charge is -2.10. The van der Waals surface area contributed by atoms with Crippen molar-refractivity contribution in [2.24, 2.45) is 10.8 Å². The van der Waals surface area contributed by atoms with E-state index in [9.17, 15) is 0 Å². The van der Waals surface area contributed by atoms with Gasteiger partial charge in [-0.2, -0.15) is 5.10 Å². The van der Waals surface area contributed by atoms with Gasteiger partial charge in [0.05, 0.1) is 26.2 Å². The Morgan fingerprint density at radius 2 is 2.00 bits per heavy atom. The van der Waals surface area contributed by atoms with Gasteiger partial charge in [0.25, 0.3) is 0 Å². The SMILES string of the molecule is C=NN/C(=C\N)c1sc(-c2ccnc(N)c2)c(N)c1-c1ccc(Cl)cc1Cl. The molecular formula is C18H16Cl2N6S. The number of anilines is 2. The van der Waals surface area contributed by atoms with Crippen LogP contribution in [-0.4, -0.2) is 11.7 Å². The number of nitrogens with two attached hydrogens (primary N) is 3. The summed E-state index contributed by atoms with van der Waals surface area (Å²) in [7, 11) is 0. The van der Waals surface area contributed by atoms with Crippen LogP contribution in [0.1, 0.15) is 4.88 Å². The first kappa shape index (κ1) is 19.0. The summed E-state index contributed by atoms with van der Waals surface area (Å²) < 4.78 is 0. The van der Waals surface area contributed by atoms with Crippen LogP contribution in [0.4, 0.5) is 11.5 Å². The van der Waals surface area contributed by atoms with E-state index in [1.165, 1.54) is 17.5 Å². The number of nitrogens with zero attached hydrogens (tertiary/aromatic N) is 2. The summed E-state index contributed by atoms with van der Waals surface area (Å²) in [6.07, 6.45) is 3.03. The molecule has 27 heavy (non-hydrogen) atoms. The van der Waals surface area contributed by atoms with Crippen molar-refractivity contribution in [1.82, 2.24) is 10.4 Å². The second-order valence-corrected chi connectivity index (χ2v) is 7.36. The summed E-state index contributed by atoms with van der Waals surface area (Å²) in [6, 6.07) is 8.81. The number of hydrogen-bond acceptors (Lipinski definition) is 7. The molecule has 0 radical (unpaired) electrons. The van der Waals surface area contributed by atoms with Gasteiger partial charge in [-0.3, -0.25) is 5.43 Å². The number of halogens is 2. The summed E-state index contributed by atoms with van der Waals surface area (Å²) in [6.45, 7) is 3.45. The fourth-order valence-corrected chi connectivity index (χ4v) is 4.36. The smallest absolute Gasteiger partial charge is 0.123 e. The van der Waals surface area contributed by atoms with Crippen LogP contribution in [0.25, 0.3) is 27.3 Å². The topological polar surface area (TPSA) is 115 Å². The summed E-state index contributed by atoms with van der Waals surface area (Å²) in [5.41, 5.74) is 24.3. The highest BCUT2D eigenvalue weighted by molar-refractivity contribution is 7.18. The number of nitrogen functional groups attached to an aromatic ring is 2. The van der Waals surface area contributed by atoms with Crippen molar-refractivity contribution in [3.05, 3.63) is 57.7 Å². The highest BCUT2D eigenvalue weighted by atomic mass is 35.5. The van der Waals surface area contributed by atoms with E-state index < -0.39 is 0 Å². The molecule has 0 amide bonds. The molecule has 0 spiro atoms. The number of hydrogen-bond donors (Lipinski definition) is 4. The first-order valence-corrected chi connectivity index (χ1v) is 9.27. The summed E-state index contributed by atoms with van der Waals surface area (Å²) >= 11 is 13.9. The number of aromatic nitrogens is 1. The van der Waals surface area contributed by atoms with Gasteiger partial charge >= 0.3 is 0 Å². The first-order valence-electron chi connectivity index (χ1n) is 7.69. The molecule has 0 aliphatic carbocycles. The van der Waals surface area contributed by atoms with Gasteiger partial charge in [-0.1, -0.05) is 29.3 Å². The zero-order valence-corrected chi connectivity index (χ0v) is 16.4. The van der Waals surface area contributed by atoms with Gasteiger partial charge in [0.1, 0.15) is 5.82 Å². The Bertz CT molecular complexity index is 1040. The van der Waals surface area contributed by atoms with E-state index in [1.54, 1.807) is 24.4 Å². The van der Waals surface area contributed by atoms with Crippen LogP contribution in [-0.2, 0) is 0 Å². The Morgan fingerprint density at radius 3 is 2.63 bits per heavy atom. The fraction of sp³-hybridized carbons (Fsp3) is 0. The van der Waals surface area contributed by atoms with Gasteiger partial charge in [-0.25, -0.2) is 4.98 Å². The lowest BCUT2D eigenvalue weighted by Crippen LogP contribution is -2.05. The molecule has 0 aliphatic rings. The van der Waals surface area contributed by atoms with Gasteiger partial charge in [0.15, 0.2) is 0 Å². The zero-order chi connectivity index (χ0) is 19.6. The minimum Gasteiger partial charge on any atom is -0.403 e. The maximum atomic E-state index is 6.53. The van der Waals surface area contributed by atoms with Gasteiger partial charge in [-0.15, -0.1) is 11.3 Å². The molecule has 3 aromatic rings. The van der Waals surface area contributed by atoms with Crippen molar-refractivity contribution < 1.29 is 0 Å². The van der Waals surface area contributed by atoms with Crippen LogP contribution in [0.5, 0.6) is 0 Å². The molecule has 0 saturated heterocycles. The number of pyridine rings is 1. The minimum atomic E-state index is 0.397. The van der Waals surface area contributed by atoms with Crippen molar-refractivity contribution in [3.8, 4) is 21.6 Å². The Balaban J connectivity index is 2.31. The molecule has 3 rings (SSSR count). The van der Waals surface area contributed by atoms with Crippen LogP contribution < -0.4 is 22.6 Å². The van der Waals surface area contributed by atoms with Gasteiger partial charge < -0.3 is 17.2 Å². The summed E-state index contributed by atoms with van der Waals surface area (Å²) in [5.74, 6) is 0.397. The van der Waals surface area contributed by atoms with Gasteiger partial charge in [0, 0.05) is 35.3 Å². The Labute approximate surface area is 170 Å². The highest BCUT2D eigenvalue weighted by Gasteiger charge is 2.23. The quantitative estimate of drug-likeness (QED) is 0.361. The molecule has 138 valence electrons. The van der Waals surface area contributed by atoms with Crippen molar-refractivity contribution in [3.63, 3.8) is 0 Å². The van der Waals surface area contributed by atoms with Crippen molar-refractivity contribution in [2.75, 3.05) is 11.5 Å². The van der Waals surface area contributed by atoms with E-state index in [0.29, 0.717) is 27.2 Å². The molecule has 0 atom stereocenters. The van der Waals surface area contributed by atoms with E-state index >= 15 is 0 Å². The normalized spacial score (nSPS) is 11.4. The van der Waals surface area contributed by atoms with Crippen molar-refractivity contribution in [1.29, 1.82) is 0 Å². The van der Waals surface area contributed by atoms with Crippen molar-refractivity contribution >= 4 is 58.5 Å². The molecule has 2 heterocycles. The second kappa shape index (κ2) is 7.87. The molecule has 6 nitrogen and oxygen atoms in total. The maximum absolute atomic E-state index is 6.53. The average molecular weight is 419 g/mol. The minimum absolute atomic E-state index is 0.397.